The van der Waals surface area contributed by atoms with E-state index >= 15 is 0 Å². The van der Waals surface area contributed by atoms with E-state index in [0.29, 0.717) is 0 Å². The normalized spacial score (nSPS) is 11.4. The van der Waals surface area contributed by atoms with Crippen molar-refractivity contribution in [1.29, 1.82) is 0 Å². The van der Waals surface area contributed by atoms with Crippen LogP contribution >= 0.6 is 9.58 Å². The molecule has 0 amide bonds. The van der Waals surface area contributed by atoms with E-state index in [1.165, 1.54) is 40.1 Å². The molecule has 5 heterocycles. The van der Waals surface area contributed by atoms with Gasteiger partial charge in [0.05, 0.1) is 22.8 Å². The van der Waals surface area contributed by atoms with Crippen molar-refractivity contribution < 1.29 is 22.5 Å². The van der Waals surface area contributed by atoms with E-state index in [1.807, 2.05) is 0 Å². The van der Waals surface area contributed by atoms with Crippen LogP contribution in [0.5, 0.6) is 0 Å². The van der Waals surface area contributed by atoms with E-state index in [2.05, 4.69) is 190 Å². The molecule has 0 radical (unpaired) electrons. The van der Waals surface area contributed by atoms with Gasteiger partial charge < -0.3 is 9.97 Å². The van der Waals surface area contributed by atoms with E-state index in [9.17, 15) is 0 Å². The maximum atomic E-state index is 7.50. The molecule has 8 bridgehead atoms. The third-order valence-corrected chi connectivity index (χ3v) is 9.97. The summed E-state index contributed by atoms with van der Waals surface area (Å²) in [6.07, 6.45) is 8.48. The van der Waals surface area contributed by atoms with Crippen LogP contribution in [0.2, 0.25) is 0 Å². The van der Waals surface area contributed by atoms with Crippen molar-refractivity contribution in [3.63, 3.8) is 0 Å². The van der Waals surface area contributed by atoms with Crippen LogP contribution in [0, 0.1) is 34.3 Å². The second kappa shape index (κ2) is 16.9. The Morgan fingerprint density at radius 2 is 0.607 bits per heavy atom. The van der Waals surface area contributed by atoms with Crippen LogP contribution in [0.3, 0.4) is 0 Å². The van der Waals surface area contributed by atoms with Gasteiger partial charge in [-0.2, -0.15) is 0 Å². The Morgan fingerprint density at radius 1 is 0.375 bits per heavy atom. The van der Waals surface area contributed by atoms with Crippen molar-refractivity contribution in [1.82, 2.24) is 19.9 Å². The zero-order chi connectivity index (χ0) is 39.3. The first-order valence-electron chi connectivity index (χ1n) is 18.0. The molecular formula is C49H36ClIrN4O. The standard InChI is InChI=1S/C48H36N4.CO.ClH.Ir/c1-29-5-13-33(14-6-29)45-37-21-23-39(49-37)46(34-15-7-30(2)8-16-34)41-25-27-43(51-41)48(36-19-11-32(4)12-20-36)44-28-26-42(52-44)47(40-24-22-38(45)50-40)35-17-9-31(3)10-18-35;1-2;;/h5-28H,1-4H3;;1H;/q-2;;;+3/p-1. The molecule has 0 atom stereocenters. The Morgan fingerprint density at radius 3 is 0.911 bits per heavy atom. The van der Waals surface area contributed by atoms with Crippen LogP contribution in [0.25, 0.3) is 90.9 Å². The minimum atomic E-state index is 0.865. The summed E-state index contributed by atoms with van der Waals surface area (Å²) in [5.41, 5.74) is 19.9. The molecule has 0 saturated carbocycles. The van der Waals surface area contributed by atoms with Gasteiger partial charge in [-0.15, -0.1) is 22.1 Å². The second-order valence-electron chi connectivity index (χ2n) is 13.8. The number of benzene rings is 4. The van der Waals surface area contributed by atoms with E-state index in [4.69, 9.17) is 24.6 Å². The van der Waals surface area contributed by atoms with Crippen LogP contribution in [0.1, 0.15) is 45.0 Å². The first-order chi connectivity index (χ1) is 27.4. The van der Waals surface area contributed by atoms with Gasteiger partial charge in [0.1, 0.15) is 0 Å². The van der Waals surface area contributed by atoms with Gasteiger partial charge in [-0.05, 0) is 90.9 Å². The first kappa shape index (κ1) is 38.4. The Labute approximate surface area is 341 Å². The molecule has 56 heavy (non-hydrogen) atoms. The topological polar surface area (TPSA) is 73.9 Å². The number of nitrogens with zero attached hydrogens (tertiary/aromatic N) is 4. The molecule has 0 aliphatic carbocycles. The molecule has 0 fully saturated rings. The molecular weight excluding hydrogens is 888 g/mol. The maximum absolute atomic E-state index is 7.50. The Kier molecular flexibility index (Phi) is 11.6. The minimum absolute atomic E-state index is 0.865. The van der Waals surface area contributed by atoms with Crippen LogP contribution in [0.4, 0.5) is 0 Å². The van der Waals surface area contributed by atoms with Gasteiger partial charge in [0, 0.05) is 5.56 Å². The SMILES string of the molecule is Cc1ccc(-c2c3nc(c(-c4ccc(C)cc4)c4ccc([n-]4)c(-c4ccc(C)cc4)c4ccc([n-]4)c(-c4ccc(C)cc4)c4nc2C=C4)C=C3)cc1.[C-]#[O+].[Cl][Ir+2]. The third-order valence-electron chi connectivity index (χ3n) is 9.97. The van der Waals surface area contributed by atoms with Gasteiger partial charge in [-0.3, -0.25) is 0 Å². The number of halogens is 1. The van der Waals surface area contributed by atoms with E-state index in [1.54, 1.807) is 0 Å². The summed E-state index contributed by atoms with van der Waals surface area (Å²) in [7, 11) is 4.64. The monoisotopic (exact) mass is 924 g/mol. The molecule has 7 heteroatoms. The van der Waals surface area contributed by atoms with Gasteiger partial charge >= 0.3 is 38.8 Å². The summed E-state index contributed by atoms with van der Waals surface area (Å²) in [5.74, 6) is 0. The Bertz CT molecular complexity index is 2650. The van der Waals surface area contributed by atoms with Gasteiger partial charge in [0.2, 0.25) is 0 Å². The molecule has 0 unspecified atom stereocenters. The van der Waals surface area contributed by atoms with Crippen molar-refractivity contribution in [3.8, 4) is 44.5 Å². The average molecular weight is 925 g/mol. The van der Waals surface area contributed by atoms with E-state index in [0.717, 1.165) is 89.4 Å². The molecule has 274 valence electrons. The predicted octanol–water partition coefficient (Wildman–Crippen LogP) is 12.5. The van der Waals surface area contributed by atoms with Crippen LogP contribution in [-0.2, 0) is 22.5 Å². The molecule has 4 aromatic carbocycles. The fourth-order valence-corrected chi connectivity index (χ4v) is 7.15. The third kappa shape index (κ3) is 7.67. The number of hydrogen-bond acceptors (Lipinski definition) is 2. The summed E-state index contributed by atoms with van der Waals surface area (Å²) in [5, 5.41) is 0. The summed E-state index contributed by atoms with van der Waals surface area (Å²) >= 11 is 1.47. The van der Waals surface area contributed by atoms with Crippen LogP contribution in [0.15, 0.2) is 121 Å². The number of fused-ring (bicyclic) bond motifs is 8. The summed E-state index contributed by atoms with van der Waals surface area (Å²) < 4.78 is 7.50. The number of rotatable bonds is 4. The fourth-order valence-electron chi connectivity index (χ4n) is 7.15. The van der Waals surface area contributed by atoms with Crippen LogP contribution < -0.4 is 9.97 Å². The summed E-state index contributed by atoms with van der Waals surface area (Å²) in [6, 6.07) is 43.0. The molecule has 2 aliphatic heterocycles. The second-order valence-corrected chi connectivity index (χ2v) is 13.8. The average Bonchev–Trinajstić information content (AvgIpc) is 4.07. The van der Waals surface area contributed by atoms with Gasteiger partial charge in [-0.1, -0.05) is 144 Å². The van der Waals surface area contributed by atoms with E-state index in [-0.39, 0.29) is 0 Å². The molecule has 2 aliphatic rings. The molecule has 9 rings (SSSR count). The zero-order valence-electron chi connectivity index (χ0n) is 31.3. The molecule has 3 aromatic heterocycles. The number of aryl methyl sites for hydroxylation is 4. The zero-order valence-corrected chi connectivity index (χ0v) is 34.4. The van der Waals surface area contributed by atoms with Gasteiger partial charge in [-0.25, -0.2) is 9.97 Å². The quantitative estimate of drug-likeness (QED) is 0.130. The van der Waals surface area contributed by atoms with Crippen LogP contribution in [-0.4, -0.2) is 9.97 Å². The van der Waals surface area contributed by atoms with E-state index < -0.39 is 0 Å². The Hall–Kier alpha value is -5.84. The van der Waals surface area contributed by atoms with Crippen molar-refractivity contribution in [2.75, 3.05) is 0 Å². The van der Waals surface area contributed by atoms with Crippen molar-refractivity contribution in [2.45, 2.75) is 27.7 Å². The molecule has 0 spiro atoms. The predicted molar refractivity (Wildman–Crippen MR) is 227 cm³/mol. The van der Waals surface area contributed by atoms with Crippen molar-refractivity contribution >= 4 is 56.0 Å². The number of aromatic nitrogens is 4. The molecule has 0 saturated heterocycles. The molecule has 5 nitrogen and oxygen atoms in total. The summed E-state index contributed by atoms with van der Waals surface area (Å²) in [4.78, 5) is 21.5. The van der Waals surface area contributed by atoms with Gasteiger partial charge in [0.15, 0.2) is 0 Å². The number of hydrogen-bond donors (Lipinski definition) is 0. The van der Waals surface area contributed by atoms with Gasteiger partial charge in [0.25, 0.3) is 0 Å². The van der Waals surface area contributed by atoms with Crippen molar-refractivity contribution in [3.05, 3.63) is 173 Å². The van der Waals surface area contributed by atoms with Crippen molar-refractivity contribution in [2.24, 2.45) is 0 Å². The molecule has 7 aromatic rings. The Balaban J connectivity index is 0.00000117. The fraction of sp³-hybridized carbons (Fsp3) is 0.0816. The first-order valence-corrected chi connectivity index (χ1v) is 21.0. The summed E-state index contributed by atoms with van der Waals surface area (Å²) in [6.45, 7) is 12.9. The molecule has 0 N–H and O–H groups in total.